The van der Waals surface area contributed by atoms with Gasteiger partial charge in [-0.25, -0.2) is 4.98 Å². The first-order chi connectivity index (χ1) is 14.1. The molecule has 0 amide bonds. The fourth-order valence-corrected chi connectivity index (χ4v) is 4.89. The summed E-state index contributed by atoms with van der Waals surface area (Å²) in [5.74, 6) is -1.12. The summed E-state index contributed by atoms with van der Waals surface area (Å²) in [6, 6.07) is 24.0. The molecular weight excluding hydrogens is 448 g/mol. The van der Waals surface area contributed by atoms with Crippen molar-refractivity contribution in [3.63, 3.8) is 0 Å². The van der Waals surface area contributed by atoms with E-state index >= 15 is 0 Å². The van der Waals surface area contributed by atoms with Gasteiger partial charge >= 0.3 is 0 Å². The van der Waals surface area contributed by atoms with Crippen LogP contribution in [0.4, 0.5) is 0 Å². The Kier molecular flexibility index (Phi) is 4.38. The molecule has 0 saturated heterocycles. The summed E-state index contributed by atoms with van der Waals surface area (Å²) < 4.78 is 3.63. The van der Waals surface area contributed by atoms with E-state index in [9.17, 15) is 9.59 Å². The topological polar surface area (TPSA) is 51.4 Å². The number of benzene rings is 3. The lowest BCUT2D eigenvalue weighted by atomic mass is 10.0. The molecule has 2 aromatic heterocycles. The molecule has 6 heteroatoms. The highest BCUT2D eigenvalue weighted by Crippen LogP contribution is 2.36. The van der Waals surface area contributed by atoms with Crippen molar-refractivity contribution in [2.45, 2.75) is 0 Å². The predicted molar refractivity (Wildman–Crippen MR) is 119 cm³/mol. The average Bonchev–Trinajstić information content (AvgIpc) is 3.29. The van der Waals surface area contributed by atoms with Crippen LogP contribution in [0, 0.1) is 0 Å². The minimum atomic E-state index is -0.571. The maximum absolute atomic E-state index is 13.4. The predicted octanol–water partition coefficient (Wildman–Crippen LogP) is 6.04. The van der Waals surface area contributed by atoms with Crippen LogP contribution in [0.25, 0.3) is 26.4 Å². The number of thiazole rings is 1. The number of halogens is 1. The van der Waals surface area contributed by atoms with Crippen LogP contribution in [0.1, 0.15) is 20.8 Å². The zero-order chi connectivity index (χ0) is 20.0. The molecule has 5 rings (SSSR count). The summed E-state index contributed by atoms with van der Waals surface area (Å²) in [7, 11) is 0. The number of carbonyl (C=O) groups is 2. The van der Waals surface area contributed by atoms with Crippen LogP contribution in [0.3, 0.4) is 0 Å². The van der Waals surface area contributed by atoms with Gasteiger partial charge in [-0.15, -0.1) is 0 Å². The largest absolute Gasteiger partial charge is 0.285 e. The average molecular weight is 461 g/mol. The smallest absolute Gasteiger partial charge is 0.252 e. The number of fused-ring (bicyclic) bond motifs is 3. The lowest BCUT2D eigenvalue weighted by Crippen LogP contribution is -2.17. The molecule has 0 saturated carbocycles. The fraction of sp³-hybridized carbons (Fsp3) is 0. The second-order valence-electron chi connectivity index (χ2n) is 6.50. The van der Waals surface area contributed by atoms with Crippen molar-refractivity contribution < 1.29 is 9.59 Å². The highest BCUT2D eigenvalue weighted by molar-refractivity contribution is 9.10. The van der Waals surface area contributed by atoms with E-state index in [-0.39, 0.29) is 0 Å². The molecule has 0 unspecified atom stereocenters. The second-order valence-corrected chi connectivity index (χ2v) is 8.36. The van der Waals surface area contributed by atoms with Gasteiger partial charge in [0.1, 0.15) is 11.4 Å². The molecule has 140 valence electrons. The summed E-state index contributed by atoms with van der Waals surface area (Å²) in [6.07, 6.45) is 0. The number of aromatic nitrogens is 2. The van der Waals surface area contributed by atoms with Crippen LogP contribution in [0.5, 0.6) is 0 Å². The highest BCUT2D eigenvalue weighted by Gasteiger charge is 2.29. The molecule has 2 heterocycles. The molecule has 0 fully saturated rings. The van der Waals surface area contributed by atoms with E-state index in [2.05, 4.69) is 15.9 Å². The molecule has 3 aromatic carbocycles. The molecule has 0 aliphatic heterocycles. The Labute approximate surface area is 178 Å². The van der Waals surface area contributed by atoms with Crippen LogP contribution >= 0.6 is 27.3 Å². The first kappa shape index (κ1) is 18.0. The standard InChI is InChI=1S/C23H13BrN2O2S/c24-16-11-5-4-10-15(16)19-20(22(28)21(27)14-8-2-1-3-9-14)26-17-12-6-7-13-18(17)29-23(26)25-19/h1-13H. The number of rotatable bonds is 4. The molecule has 0 N–H and O–H groups in total. The van der Waals surface area contributed by atoms with Gasteiger partial charge < -0.3 is 0 Å². The summed E-state index contributed by atoms with van der Waals surface area (Å²) in [6.45, 7) is 0. The molecule has 0 aliphatic carbocycles. The molecular formula is C23H13BrN2O2S. The van der Waals surface area contributed by atoms with Crippen molar-refractivity contribution in [3.05, 3.63) is 94.6 Å². The molecule has 0 bridgehead atoms. The number of carbonyl (C=O) groups excluding carboxylic acids is 2. The molecule has 0 atom stereocenters. The number of imidazole rings is 1. The van der Waals surface area contributed by atoms with Gasteiger partial charge in [-0.2, -0.15) is 0 Å². The van der Waals surface area contributed by atoms with Gasteiger partial charge in [-0.3, -0.25) is 14.0 Å². The third-order valence-corrected chi connectivity index (χ3v) is 6.45. The Bertz CT molecular complexity index is 1400. The SMILES string of the molecule is O=C(C(=O)c1c(-c2ccccc2Br)nc2sc3ccccc3n12)c1ccccc1. The van der Waals surface area contributed by atoms with E-state index in [4.69, 9.17) is 4.98 Å². The van der Waals surface area contributed by atoms with Gasteiger partial charge in [0.25, 0.3) is 5.78 Å². The Morgan fingerprint density at radius 1 is 0.828 bits per heavy atom. The van der Waals surface area contributed by atoms with Crippen molar-refractivity contribution in [1.82, 2.24) is 9.38 Å². The monoisotopic (exact) mass is 460 g/mol. The Hall–Kier alpha value is -3.09. The van der Waals surface area contributed by atoms with E-state index in [0.29, 0.717) is 21.9 Å². The second kappa shape index (κ2) is 7.06. The van der Waals surface area contributed by atoms with Crippen LogP contribution in [-0.2, 0) is 0 Å². The number of Topliss-reactive ketones (excluding diaryl/α,β-unsaturated/α-hetero) is 2. The van der Waals surface area contributed by atoms with Crippen molar-refractivity contribution in [2.24, 2.45) is 0 Å². The molecule has 0 aliphatic rings. The number of para-hydroxylation sites is 1. The minimum Gasteiger partial charge on any atom is -0.285 e. The third kappa shape index (κ3) is 2.92. The lowest BCUT2D eigenvalue weighted by molar-refractivity contribution is 0.0814. The number of ketones is 2. The van der Waals surface area contributed by atoms with Gasteiger partial charge in [0.15, 0.2) is 4.96 Å². The van der Waals surface area contributed by atoms with Crippen molar-refractivity contribution in [1.29, 1.82) is 0 Å². The summed E-state index contributed by atoms with van der Waals surface area (Å²) in [5, 5.41) is 0. The Morgan fingerprint density at radius 3 is 2.31 bits per heavy atom. The summed E-state index contributed by atoms with van der Waals surface area (Å²) >= 11 is 5.05. The van der Waals surface area contributed by atoms with E-state index in [1.807, 2.05) is 54.6 Å². The number of hydrogen-bond acceptors (Lipinski definition) is 4. The van der Waals surface area contributed by atoms with Gasteiger partial charge in [-0.05, 0) is 18.2 Å². The van der Waals surface area contributed by atoms with Crippen molar-refractivity contribution in [2.75, 3.05) is 0 Å². The van der Waals surface area contributed by atoms with Crippen LogP contribution in [-0.4, -0.2) is 21.0 Å². The van der Waals surface area contributed by atoms with Gasteiger partial charge in [0, 0.05) is 15.6 Å². The molecule has 4 nitrogen and oxygen atoms in total. The lowest BCUT2D eigenvalue weighted by Gasteiger charge is -2.06. The number of hydrogen-bond donors (Lipinski definition) is 0. The molecule has 0 spiro atoms. The third-order valence-electron chi connectivity index (χ3n) is 4.74. The van der Waals surface area contributed by atoms with E-state index < -0.39 is 11.6 Å². The van der Waals surface area contributed by atoms with Crippen molar-refractivity contribution >= 4 is 54.0 Å². The Balaban J connectivity index is 1.81. The minimum absolute atomic E-state index is 0.290. The zero-order valence-electron chi connectivity index (χ0n) is 15.0. The highest BCUT2D eigenvalue weighted by atomic mass is 79.9. The van der Waals surface area contributed by atoms with E-state index in [0.717, 1.165) is 20.3 Å². The van der Waals surface area contributed by atoms with Gasteiger partial charge in [0.05, 0.1) is 10.2 Å². The van der Waals surface area contributed by atoms with Gasteiger partial charge in [-0.1, -0.05) is 87.9 Å². The van der Waals surface area contributed by atoms with Crippen LogP contribution < -0.4 is 0 Å². The summed E-state index contributed by atoms with van der Waals surface area (Å²) in [5.41, 5.74) is 2.80. The van der Waals surface area contributed by atoms with Gasteiger partial charge in [0.2, 0.25) is 5.78 Å². The number of nitrogens with zero attached hydrogens (tertiary/aromatic N) is 2. The van der Waals surface area contributed by atoms with Crippen molar-refractivity contribution in [3.8, 4) is 11.3 Å². The quantitative estimate of drug-likeness (QED) is 0.242. The zero-order valence-corrected chi connectivity index (χ0v) is 17.4. The fourth-order valence-electron chi connectivity index (χ4n) is 3.40. The Morgan fingerprint density at radius 2 is 1.52 bits per heavy atom. The van der Waals surface area contributed by atoms with Crippen LogP contribution in [0.2, 0.25) is 0 Å². The summed E-state index contributed by atoms with van der Waals surface area (Å²) in [4.78, 5) is 31.9. The van der Waals surface area contributed by atoms with E-state index in [1.165, 1.54) is 11.3 Å². The van der Waals surface area contributed by atoms with Crippen LogP contribution in [0.15, 0.2) is 83.3 Å². The maximum atomic E-state index is 13.4. The molecule has 0 radical (unpaired) electrons. The molecule has 29 heavy (non-hydrogen) atoms. The maximum Gasteiger partial charge on any atom is 0.252 e. The normalized spacial score (nSPS) is 11.2. The van der Waals surface area contributed by atoms with E-state index in [1.54, 1.807) is 28.7 Å². The first-order valence-corrected chi connectivity index (χ1v) is 10.5. The first-order valence-electron chi connectivity index (χ1n) is 8.94. The molecule has 5 aromatic rings.